The van der Waals surface area contributed by atoms with Crippen molar-refractivity contribution < 1.29 is 9.53 Å². The van der Waals surface area contributed by atoms with Crippen molar-refractivity contribution in [2.24, 2.45) is 7.05 Å². The Labute approximate surface area is 125 Å². The van der Waals surface area contributed by atoms with Crippen LogP contribution in [0.3, 0.4) is 0 Å². The Hall–Kier alpha value is -1.40. The van der Waals surface area contributed by atoms with Crippen molar-refractivity contribution in [2.45, 2.75) is 25.3 Å². The van der Waals surface area contributed by atoms with Crippen LogP contribution in [0.1, 0.15) is 30.9 Å². The SMILES string of the molecule is Cn1cc(C2CCCN2CCC(=O)N2CCOCC2)cn1. The molecule has 1 aromatic heterocycles. The molecule has 2 aliphatic rings. The summed E-state index contributed by atoms with van der Waals surface area (Å²) >= 11 is 0. The van der Waals surface area contributed by atoms with Crippen LogP contribution in [-0.4, -0.2) is 64.9 Å². The van der Waals surface area contributed by atoms with E-state index in [0.717, 1.165) is 32.6 Å². The van der Waals surface area contributed by atoms with Crippen molar-refractivity contribution in [3.8, 4) is 0 Å². The zero-order valence-electron chi connectivity index (χ0n) is 12.7. The molecule has 1 atom stereocenters. The van der Waals surface area contributed by atoms with E-state index in [1.54, 1.807) is 0 Å². The summed E-state index contributed by atoms with van der Waals surface area (Å²) in [4.78, 5) is 16.6. The number of ether oxygens (including phenoxy) is 1. The number of hydrogen-bond donors (Lipinski definition) is 0. The Balaban J connectivity index is 1.53. The van der Waals surface area contributed by atoms with Crippen LogP contribution >= 0.6 is 0 Å². The second-order valence-corrected chi connectivity index (χ2v) is 5.88. The van der Waals surface area contributed by atoms with Crippen molar-refractivity contribution in [2.75, 3.05) is 39.4 Å². The van der Waals surface area contributed by atoms with Gasteiger partial charge in [0, 0.05) is 50.9 Å². The van der Waals surface area contributed by atoms with Crippen LogP contribution in [0.4, 0.5) is 0 Å². The average Bonchev–Trinajstić information content (AvgIpc) is 3.14. The van der Waals surface area contributed by atoms with Gasteiger partial charge >= 0.3 is 0 Å². The zero-order chi connectivity index (χ0) is 14.7. The molecule has 0 aliphatic carbocycles. The van der Waals surface area contributed by atoms with Crippen LogP contribution in [0.25, 0.3) is 0 Å². The van der Waals surface area contributed by atoms with Gasteiger partial charge < -0.3 is 9.64 Å². The molecule has 1 aromatic rings. The number of aromatic nitrogens is 2. The first-order chi connectivity index (χ1) is 10.2. The molecule has 21 heavy (non-hydrogen) atoms. The lowest BCUT2D eigenvalue weighted by Gasteiger charge is -2.29. The van der Waals surface area contributed by atoms with Gasteiger partial charge in [-0.15, -0.1) is 0 Å². The summed E-state index contributed by atoms with van der Waals surface area (Å²) < 4.78 is 7.14. The first-order valence-corrected chi connectivity index (χ1v) is 7.82. The topological polar surface area (TPSA) is 50.6 Å². The van der Waals surface area contributed by atoms with E-state index in [0.29, 0.717) is 25.7 Å². The molecule has 0 aromatic carbocycles. The Morgan fingerprint density at radius 1 is 1.38 bits per heavy atom. The Bertz CT molecular complexity index is 482. The highest BCUT2D eigenvalue weighted by molar-refractivity contribution is 5.76. The third kappa shape index (κ3) is 3.44. The molecule has 2 aliphatic heterocycles. The van der Waals surface area contributed by atoms with Crippen molar-refractivity contribution in [1.82, 2.24) is 19.6 Å². The van der Waals surface area contributed by atoms with Crippen LogP contribution < -0.4 is 0 Å². The largest absolute Gasteiger partial charge is 0.378 e. The molecule has 1 amide bonds. The number of amides is 1. The molecule has 1 unspecified atom stereocenters. The fourth-order valence-corrected chi connectivity index (χ4v) is 3.29. The summed E-state index contributed by atoms with van der Waals surface area (Å²) in [5.74, 6) is 0.259. The van der Waals surface area contributed by atoms with E-state index in [4.69, 9.17) is 4.74 Å². The molecule has 2 saturated heterocycles. The van der Waals surface area contributed by atoms with Gasteiger partial charge in [0.2, 0.25) is 5.91 Å². The smallest absolute Gasteiger partial charge is 0.224 e. The van der Waals surface area contributed by atoms with Crippen LogP contribution in [0.15, 0.2) is 12.4 Å². The van der Waals surface area contributed by atoms with Gasteiger partial charge in [-0.3, -0.25) is 14.4 Å². The predicted octanol–water partition coefficient (Wildman–Crippen LogP) is 0.806. The zero-order valence-corrected chi connectivity index (χ0v) is 12.7. The minimum atomic E-state index is 0.259. The van der Waals surface area contributed by atoms with Gasteiger partial charge in [-0.05, 0) is 19.4 Å². The van der Waals surface area contributed by atoms with Crippen molar-refractivity contribution in [3.63, 3.8) is 0 Å². The van der Waals surface area contributed by atoms with Gasteiger partial charge in [-0.1, -0.05) is 0 Å². The standard InChI is InChI=1S/C15H24N4O2/c1-17-12-13(11-16-17)14-3-2-5-18(14)6-4-15(20)19-7-9-21-10-8-19/h11-12,14H,2-10H2,1H3. The number of nitrogens with zero attached hydrogens (tertiary/aromatic N) is 4. The van der Waals surface area contributed by atoms with E-state index in [1.165, 1.54) is 12.0 Å². The van der Waals surface area contributed by atoms with E-state index in [-0.39, 0.29) is 5.91 Å². The molecule has 116 valence electrons. The van der Waals surface area contributed by atoms with Gasteiger partial charge in [0.1, 0.15) is 0 Å². The Morgan fingerprint density at radius 2 is 2.19 bits per heavy atom. The summed E-state index contributed by atoms with van der Waals surface area (Å²) in [6.45, 7) is 4.75. The number of likely N-dealkylation sites (tertiary alicyclic amines) is 1. The van der Waals surface area contributed by atoms with Crippen LogP contribution in [-0.2, 0) is 16.6 Å². The lowest BCUT2D eigenvalue weighted by Crippen LogP contribution is -2.42. The van der Waals surface area contributed by atoms with Crippen LogP contribution in [0.5, 0.6) is 0 Å². The molecule has 2 fully saturated rings. The molecular formula is C15H24N4O2. The predicted molar refractivity (Wildman–Crippen MR) is 78.8 cm³/mol. The highest BCUT2D eigenvalue weighted by Crippen LogP contribution is 2.31. The monoisotopic (exact) mass is 292 g/mol. The molecule has 6 nitrogen and oxygen atoms in total. The van der Waals surface area contributed by atoms with Gasteiger partial charge in [-0.2, -0.15) is 5.10 Å². The average molecular weight is 292 g/mol. The number of carbonyl (C=O) groups excluding carboxylic acids is 1. The van der Waals surface area contributed by atoms with Crippen molar-refractivity contribution in [3.05, 3.63) is 18.0 Å². The first kappa shape index (κ1) is 14.5. The Kier molecular flexibility index (Phi) is 4.55. The van der Waals surface area contributed by atoms with E-state index in [9.17, 15) is 4.79 Å². The highest BCUT2D eigenvalue weighted by atomic mass is 16.5. The lowest BCUT2D eigenvalue weighted by atomic mass is 10.1. The normalized spacial score (nSPS) is 23.7. The van der Waals surface area contributed by atoms with Crippen LogP contribution in [0, 0.1) is 0 Å². The molecule has 0 radical (unpaired) electrons. The maximum atomic E-state index is 12.2. The van der Waals surface area contributed by atoms with Gasteiger partial charge in [0.15, 0.2) is 0 Å². The summed E-state index contributed by atoms with van der Waals surface area (Å²) in [5.41, 5.74) is 1.27. The number of aryl methyl sites for hydroxylation is 1. The maximum Gasteiger partial charge on any atom is 0.224 e. The molecule has 0 N–H and O–H groups in total. The van der Waals surface area contributed by atoms with Gasteiger partial charge in [0.05, 0.1) is 19.4 Å². The summed E-state index contributed by atoms with van der Waals surface area (Å²) in [6.07, 6.45) is 7.01. The molecule has 0 bridgehead atoms. The third-order valence-corrected chi connectivity index (χ3v) is 4.45. The second-order valence-electron chi connectivity index (χ2n) is 5.88. The quantitative estimate of drug-likeness (QED) is 0.824. The van der Waals surface area contributed by atoms with Crippen molar-refractivity contribution in [1.29, 1.82) is 0 Å². The Morgan fingerprint density at radius 3 is 2.90 bits per heavy atom. The minimum absolute atomic E-state index is 0.259. The minimum Gasteiger partial charge on any atom is -0.378 e. The van der Waals surface area contributed by atoms with E-state index < -0.39 is 0 Å². The molecular weight excluding hydrogens is 268 g/mol. The summed E-state index contributed by atoms with van der Waals surface area (Å²) in [6, 6.07) is 0.427. The van der Waals surface area contributed by atoms with Crippen molar-refractivity contribution >= 4 is 5.91 Å². The van der Waals surface area contributed by atoms with Gasteiger partial charge in [0.25, 0.3) is 0 Å². The van der Waals surface area contributed by atoms with E-state index >= 15 is 0 Å². The molecule has 0 saturated carbocycles. The molecule has 3 rings (SSSR count). The maximum absolute atomic E-state index is 12.2. The molecule has 0 spiro atoms. The molecule has 3 heterocycles. The fourth-order valence-electron chi connectivity index (χ4n) is 3.29. The number of morpholine rings is 1. The summed E-state index contributed by atoms with van der Waals surface area (Å²) in [5, 5.41) is 4.27. The van der Waals surface area contributed by atoms with E-state index in [1.807, 2.05) is 22.8 Å². The number of hydrogen-bond acceptors (Lipinski definition) is 4. The van der Waals surface area contributed by atoms with E-state index in [2.05, 4.69) is 16.2 Å². The number of carbonyl (C=O) groups is 1. The third-order valence-electron chi connectivity index (χ3n) is 4.45. The van der Waals surface area contributed by atoms with Crippen LogP contribution in [0.2, 0.25) is 0 Å². The number of rotatable bonds is 4. The first-order valence-electron chi connectivity index (χ1n) is 7.82. The second kappa shape index (κ2) is 6.58. The molecule has 6 heteroatoms. The lowest BCUT2D eigenvalue weighted by molar-refractivity contribution is -0.135. The summed E-state index contributed by atoms with van der Waals surface area (Å²) in [7, 11) is 1.95. The highest BCUT2D eigenvalue weighted by Gasteiger charge is 2.27. The van der Waals surface area contributed by atoms with Gasteiger partial charge in [-0.25, -0.2) is 0 Å². The fraction of sp³-hybridized carbons (Fsp3) is 0.733.